The Morgan fingerprint density at radius 2 is 2.11 bits per heavy atom. The predicted octanol–water partition coefficient (Wildman–Crippen LogP) is 2.86. The van der Waals surface area contributed by atoms with Crippen molar-refractivity contribution in [1.82, 2.24) is 10.3 Å². The number of benzene rings is 1. The number of aromatic nitrogens is 1. The van der Waals surface area contributed by atoms with Crippen molar-refractivity contribution in [2.45, 2.75) is 26.0 Å². The molecule has 0 saturated carbocycles. The van der Waals surface area contributed by atoms with E-state index in [1.807, 2.05) is 18.2 Å². The molecule has 0 atom stereocenters. The molecule has 0 unspecified atom stereocenters. The monoisotopic (exact) mass is 308 g/mol. The molecule has 0 aliphatic heterocycles. The molecule has 1 aromatic heterocycles. The maximum atomic E-state index is 9.67. The predicted molar refractivity (Wildman–Crippen MR) is 77.4 cm³/mol. The van der Waals surface area contributed by atoms with E-state index < -0.39 is 5.60 Å². The summed E-state index contributed by atoms with van der Waals surface area (Å²) in [4.78, 5) is 4.42. The van der Waals surface area contributed by atoms with E-state index in [2.05, 4.69) is 32.3 Å². The van der Waals surface area contributed by atoms with Crippen LogP contribution in [0.5, 0.6) is 0 Å². The van der Waals surface area contributed by atoms with Gasteiger partial charge in [-0.15, -0.1) is 0 Å². The van der Waals surface area contributed by atoms with Gasteiger partial charge in [0, 0.05) is 29.1 Å². The van der Waals surface area contributed by atoms with E-state index in [1.54, 1.807) is 20.0 Å². The zero-order chi connectivity index (χ0) is 13.2. The van der Waals surface area contributed by atoms with Gasteiger partial charge in [0.1, 0.15) is 0 Å². The Morgan fingerprint density at radius 3 is 2.83 bits per heavy atom. The average Bonchev–Trinajstić information content (AvgIpc) is 2.31. The topological polar surface area (TPSA) is 45.1 Å². The minimum atomic E-state index is -0.696. The van der Waals surface area contributed by atoms with Gasteiger partial charge in [-0.3, -0.25) is 4.98 Å². The van der Waals surface area contributed by atoms with E-state index >= 15 is 0 Å². The van der Waals surface area contributed by atoms with Crippen LogP contribution < -0.4 is 5.32 Å². The van der Waals surface area contributed by atoms with Crippen LogP contribution in [0.3, 0.4) is 0 Å². The summed E-state index contributed by atoms with van der Waals surface area (Å²) in [6.07, 6.45) is 1.80. The summed E-state index contributed by atoms with van der Waals surface area (Å²) in [5.74, 6) is 0. The first kappa shape index (κ1) is 13.5. The summed E-state index contributed by atoms with van der Waals surface area (Å²) >= 11 is 3.53. The zero-order valence-corrected chi connectivity index (χ0v) is 12.2. The lowest BCUT2D eigenvalue weighted by atomic mass is 10.1. The molecular weight excluding hydrogens is 292 g/mol. The Labute approximate surface area is 115 Å². The van der Waals surface area contributed by atoms with Crippen LogP contribution in [0.1, 0.15) is 19.4 Å². The molecule has 0 spiro atoms. The van der Waals surface area contributed by atoms with Gasteiger partial charge >= 0.3 is 0 Å². The highest BCUT2D eigenvalue weighted by molar-refractivity contribution is 9.10. The van der Waals surface area contributed by atoms with E-state index in [-0.39, 0.29) is 0 Å². The van der Waals surface area contributed by atoms with Crippen molar-refractivity contribution in [3.8, 4) is 0 Å². The third kappa shape index (κ3) is 3.28. The normalized spacial score (nSPS) is 12.0. The Hall–Kier alpha value is -0.970. The molecule has 96 valence electrons. The fraction of sp³-hybridized carbons (Fsp3) is 0.357. The summed E-state index contributed by atoms with van der Waals surface area (Å²) in [5, 5.41) is 14.0. The number of aliphatic hydroxyl groups is 1. The van der Waals surface area contributed by atoms with Gasteiger partial charge in [-0.25, -0.2) is 0 Å². The standard InChI is InChI=1S/C14H17BrN2O/c1-14(2,18)9-16-8-10-5-6-12(15)11-4-3-7-17-13(10)11/h3-7,16,18H,8-9H2,1-2H3. The van der Waals surface area contributed by atoms with Crippen LogP contribution in [0, 0.1) is 0 Å². The fourth-order valence-corrected chi connectivity index (χ4v) is 2.29. The van der Waals surface area contributed by atoms with Crippen LogP contribution in [-0.2, 0) is 6.54 Å². The van der Waals surface area contributed by atoms with E-state index in [4.69, 9.17) is 0 Å². The highest BCUT2D eigenvalue weighted by Gasteiger charge is 2.12. The molecule has 0 fully saturated rings. The maximum Gasteiger partial charge on any atom is 0.0758 e. The van der Waals surface area contributed by atoms with Crippen LogP contribution in [0.2, 0.25) is 0 Å². The van der Waals surface area contributed by atoms with E-state index in [1.165, 1.54) is 0 Å². The molecule has 4 heteroatoms. The van der Waals surface area contributed by atoms with Crippen molar-refractivity contribution < 1.29 is 5.11 Å². The zero-order valence-electron chi connectivity index (χ0n) is 10.6. The first-order valence-electron chi connectivity index (χ1n) is 5.92. The Morgan fingerprint density at radius 1 is 1.33 bits per heavy atom. The van der Waals surface area contributed by atoms with Crippen LogP contribution >= 0.6 is 15.9 Å². The number of hydrogen-bond donors (Lipinski definition) is 2. The van der Waals surface area contributed by atoms with Crippen molar-refractivity contribution in [3.05, 3.63) is 40.5 Å². The van der Waals surface area contributed by atoms with Crippen molar-refractivity contribution in [1.29, 1.82) is 0 Å². The number of fused-ring (bicyclic) bond motifs is 1. The number of nitrogens with zero attached hydrogens (tertiary/aromatic N) is 1. The minimum Gasteiger partial charge on any atom is -0.389 e. The molecule has 2 N–H and O–H groups in total. The Bertz CT molecular complexity index is 549. The van der Waals surface area contributed by atoms with E-state index in [0.717, 1.165) is 20.9 Å². The summed E-state index contributed by atoms with van der Waals surface area (Å²) in [5.41, 5.74) is 1.44. The molecule has 0 radical (unpaired) electrons. The highest BCUT2D eigenvalue weighted by Crippen LogP contribution is 2.25. The summed E-state index contributed by atoms with van der Waals surface area (Å²) < 4.78 is 1.05. The lowest BCUT2D eigenvalue weighted by Crippen LogP contribution is -2.34. The van der Waals surface area contributed by atoms with Crippen molar-refractivity contribution in [2.75, 3.05) is 6.54 Å². The molecule has 0 saturated heterocycles. The largest absolute Gasteiger partial charge is 0.389 e. The van der Waals surface area contributed by atoms with Gasteiger partial charge in [-0.05, 0) is 31.5 Å². The van der Waals surface area contributed by atoms with Crippen LogP contribution in [0.15, 0.2) is 34.9 Å². The van der Waals surface area contributed by atoms with E-state index in [9.17, 15) is 5.11 Å². The molecule has 0 aliphatic carbocycles. The summed E-state index contributed by atoms with van der Waals surface area (Å²) in [7, 11) is 0. The molecule has 0 amide bonds. The highest BCUT2D eigenvalue weighted by atomic mass is 79.9. The number of hydrogen-bond acceptors (Lipinski definition) is 3. The lowest BCUT2D eigenvalue weighted by molar-refractivity contribution is 0.0795. The first-order valence-corrected chi connectivity index (χ1v) is 6.72. The lowest BCUT2D eigenvalue weighted by Gasteiger charge is -2.18. The fourth-order valence-electron chi connectivity index (χ4n) is 1.84. The van der Waals surface area contributed by atoms with E-state index in [0.29, 0.717) is 13.1 Å². The number of pyridine rings is 1. The van der Waals surface area contributed by atoms with Crippen LogP contribution in [-0.4, -0.2) is 22.2 Å². The smallest absolute Gasteiger partial charge is 0.0758 e. The van der Waals surface area contributed by atoms with Gasteiger partial charge in [-0.2, -0.15) is 0 Å². The quantitative estimate of drug-likeness (QED) is 0.913. The Kier molecular flexibility index (Phi) is 4.00. The second-order valence-electron chi connectivity index (χ2n) is 5.02. The second-order valence-corrected chi connectivity index (χ2v) is 5.88. The molecule has 1 aromatic carbocycles. The molecule has 2 rings (SSSR count). The molecule has 0 aliphatic rings. The van der Waals surface area contributed by atoms with Crippen molar-refractivity contribution in [2.24, 2.45) is 0 Å². The first-order chi connectivity index (χ1) is 8.47. The molecular formula is C14H17BrN2O. The molecule has 3 nitrogen and oxygen atoms in total. The van der Waals surface area contributed by atoms with Crippen LogP contribution in [0.4, 0.5) is 0 Å². The van der Waals surface area contributed by atoms with Crippen LogP contribution in [0.25, 0.3) is 10.9 Å². The SMILES string of the molecule is CC(C)(O)CNCc1ccc(Br)c2cccnc12. The molecule has 18 heavy (non-hydrogen) atoms. The van der Waals surface area contributed by atoms with Gasteiger partial charge < -0.3 is 10.4 Å². The number of rotatable bonds is 4. The second kappa shape index (κ2) is 5.34. The number of nitrogens with one attached hydrogen (secondary N) is 1. The minimum absolute atomic E-state index is 0.553. The van der Waals surface area contributed by atoms with Gasteiger partial charge in [0.15, 0.2) is 0 Å². The molecule has 0 bridgehead atoms. The average molecular weight is 309 g/mol. The third-order valence-electron chi connectivity index (χ3n) is 2.67. The molecule has 2 aromatic rings. The summed E-state index contributed by atoms with van der Waals surface area (Å²) in [6, 6.07) is 8.06. The maximum absolute atomic E-state index is 9.67. The molecule has 1 heterocycles. The Balaban J connectivity index is 2.21. The van der Waals surface area contributed by atoms with Crippen molar-refractivity contribution >= 4 is 26.8 Å². The number of halogens is 1. The van der Waals surface area contributed by atoms with Crippen molar-refractivity contribution in [3.63, 3.8) is 0 Å². The van der Waals surface area contributed by atoms with Gasteiger partial charge in [-0.1, -0.05) is 28.1 Å². The summed E-state index contributed by atoms with van der Waals surface area (Å²) in [6.45, 7) is 4.83. The van der Waals surface area contributed by atoms with Gasteiger partial charge in [0.25, 0.3) is 0 Å². The van der Waals surface area contributed by atoms with Gasteiger partial charge in [0.2, 0.25) is 0 Å². The van der Waals surface area contributed by atoms with Gasteiger partial charge in [0.05, 0.1) is 11.1 Å². The third-order valence-corrected chi connectivity index (χ3v) is 3.36.